The lowest BCUT2D eigenvalue weighted by Crippen LogP contribution is -2.16. The molecule has 0 aliphatic heterocycles. The molecule has 0 atom stereocenters. The van der Waals surface area contributed by atoms with E-state index in [1.807, 2.05) is 0 Å². The smallest absolute Gasteiger partial charge is 0.337 e. The van der Waals surface area contributed by atoms with Gasteiger partial charge in [-0.15, -0.1) is 0 Å². The van der Waals surface area contributed by atoms with Crippen molar-refractivity contribution < 1.29 is 14.6 Å². The van der Waals surface area contributed by atoms with Crippen LogP contribution in [0.3, 0.4) is 0 Å². The van der Waals surface area contributed by atoms with Gasteiger partial charge in [-0.05, 0) is 31.0 Å². The quantitative estimate of drug-likeness (QED) is 0.786. The summed E-state index contributed by atoms with van der Waals surface area (Å²) in [6.45, 7) is 1.19. The van der Waals surface area contributed by atoms with Crippen LogP contribution in [0.15, 0.2) is 18.2 Å². The molecule has 1 aromatic rings. The summed E-state index contributed by atoms with van der Waals surface area (Å²) in [6.07, 6.45) is 5.16. The van der Waals surface area contributed by atoms with Crippen LogP contribution in [0.1, 0.15) is 36.0 Å². The third-order valence-corrected chi connectivity index (χ3v) is 3.52. The van der Waals surface area contributed by atoms with Gasteiger partial charge in [-0.3, -0.25) is 0 Å². The molecule has 1 aromatic carbocycles. The number of benzene rings is 1. The van der Waals surface area contributed by atoms with E-state index in [-0.39, 0.29) is 5.56 Å². The van der Waals surface area contributed by atoms with Crippen molar-refractivity contribution >= 4 is 23.3 Å². The normalized spacial score (nSPS) is 15.6. The van der Waals surface area contributed by atoms with Crippen molar-refractivity contribution in [1.29, 1.82) is 0 Å². The number of anilines is 1. The van der Waals surface area contributed by atoms with Gasteiger partial charge in [0.2, 0.25) is 0 Å². The van der Waals surface area contributed by atoms with E-state index in [2.05, 4.69) is 5.32 Å². The van der Waals surface area contributed by atoms with E-state index in [9.17, 15) is 4.79 Å². The first-order valence-electron chi connectivity index (χ1n) is 6.55. The van der Waals surface area contributed by atoms with Crippen LogP contribution in [-0.4, -0.2) is 30.3 Å². The zero-order valence-corrected chi connectivity index (χ0v) is 11.4. The third kappa shape index (κ3) is 4.11. The lowest BCUT2D eigenvalue weighted by Gasteiger charge is -2.13. The monoisotopic (exact) mass is 283 g/mol. The molecule has 1 fully saturated rings. The van der Waals surface area contributed by atoms with Crippen molar-refractivity contribution in [3.8, 4) is 0 Å². The van der Waals surface area contributed by atoms with Gasteiger partial charge in [0.05, 0.1) is 18.3 Å². The Balaban J connectivity index is 1.83. The minimum atomic E-state index is -0.985. The Morgan fingerprint density at radius 3 is 2.84 bits per heavy atom. The number of hydrogen-bond acceptors (Lipinski definition) is 3. The number of nitrogens with one attached hydrogen (secondary N) is 1. The van der Waals surface area contributed by atoms with E-state index in [1.165, 1.54) is 18.9 Å². The van der Waals surface area contributed by atoms with Gasteiger partial charge in [0.15, 0.2) is 0 Å². The van der Waals surface area contributed by atoms with Gasteiger partial charge in [0, 0.05) is 17.3 Å². The summed E-state index contributed by atoms with van der Waals surface area (Å²) in [5, 5.41) is 12.6. The maximum atomic E-state index is 11.1. The fourth-order valence-electron chi connectivity index (χ4n) is 2.31. The van der Waals surface area contributed by atoms with E-state index in [4.69, 9.17) is 21.4 Å². The SMILES string of the molecule is O=C(O)c1cc(Cl)ccc1NCCOC1CCCC1. The molecule has 0 amide bonds. The Labute approximate surface area is 117 Å². The first-order chi connectivity index (χ1) is 9.16. The second kappa shape index (κ2) is 6.78. The highest BCUT2D eigenvalue weighted by Crippen LogP contribution is 2.22. The summed E-state index contributed by atoms with van der Waals surface area (Å²) in [7, 11) is 0. The highest BCUT2D eigenvalue weighted by atomic mass is 35.5. The van der Waals surface area contributed by atoms with Gasteiger partial charge in [-0.2, -0.15) is 0 Å². The van der Waals surface area contributed by atoms with Crippen LogP contribution in [-0.2, 0) is 4.74 Å². The highest BCUT2D eigenvalue weighted by Gasteiger charge is 2.15. The van der Waals surface area contributed by atoms with Crippen LogP contribution in [0.25, 0.3) is 0 Å². The molecular formula is C14H18ClNO3. The molecule has 0 spiro atoms. The highest BCUT2D eigenvalue weighted by molar-refractivity contribution is 6.31. The van der Waals surface area contributed by atoms with Crippen LogP contribution >= 0.6 is 11.6 Å². The van der Waals surface area contributed by atoms with Crippen LogP contribution in [0.4, 0.5) is 5.69 Å². The zero-order valence-electron chi connectivity index (χ0n) is 10.7. The lowest BCUT2D eigenvalue weighted by atomic mass is 10.2. The van der Waals surface area contributed by atoms with Crippen LogP contribution in [0.2, 0.25) is 5.02 Å². The Kier molecular flexibility index (Phi) is 5.05. The van der Waals surface area contributed by atoms with Gasteiger partial charge in [-0.25, -0.2) is 4.79 Å². The van der Waals surface area contributed by atoms with Gasteiger partial charge < -0.3 is 15.2 Å². The summed E-state index contributed by atoms with van der Waals surface area (Å²) < 4.78 is 5.71. The van der Waals surface area contributed by atoms with E-state index in [0.29, 0.717) is 30.0 Å². The number of carbonyl (C=O) groups is 1. The molecular weight excluding hydrogens is 266 g/mol. The first kappa shape index (κ1) is 14.2. The van der Waals surface area contributed by atoms with Crippen LogP contribution in [0, 0.1) is 0 Å². The van der Waals surface area contributed by atoms with Crippen molar-refractivity contribution in [1.82, 2.24) is 0 Å². The summed E-state index contributed by atoms with van der Waals surface area (Å²) in [5.74, 6) is -0.985. The molecule has 0 radical (unpaired) electrons. The summed E-state index contributed by atoms with van der Waals surface area (Å²) in [4.78, 5) is 11.1. The van der Waals surface area contributed by atoms with E-state index in [1.54, 1.807) is 12.1 Å². The molecule has 2 rings (SSSR count). The van der Waals surface area contributed by atoms with E-state index in [0.717, 1.165) is 12.8 Å². The van der Waals surface area contributed by atoms with E-state index >= 15 is 0 Å². The Hall–Kier alpha value is -1.26. The zero-order chi connectivity index (χ0) is 13.7. The van der Waals surface area contributed by atoms with Crippen molar-refractivity contribution in [2.45, 2.75) is 31.8 Å². The Bertz CT molecular complexity index is 444. The maximum Gasteiger partial charge on any atom is 0.337 e. The number of aromatic carboxylic acids is 1. The first-order valence-corrected chi connectivity index (χ1v) is 6.93. The average Bonchev–Trinajstić information content (AvgIpc) is 2.89. The molecule has 0 heterocycles. The number of rotatable bonds is 6. The Morgan fingerprint density at radius 2 is 2.16 bits per heavy atom. The summed E-state index contributed by atoms with van der Waals surface area (Å²) in [6, 6.07) is 4.81. The molecule has 0 unspecified atom stereocenters. The topological polar surface area (TPSA) is 58.6 Å². The molecule has 5 heteroatoms. The molecule has 0 saturated heterocycles. The maximum absolute atomic E-state index is 11.1. The number of carboxylic acids is 1. The largest absolute Gasteiger partial charge is 0.478 e. The molecule has 4 nitrogen and oxygen atoms in total. The number of ether oxygens (including phenoxy) is 1. The minimum Gasteiger partial charge on any atom is -0.478 e. The minimum absolute atomic E-state index is 0.188. The molecule has 2 N–H and O–H groups in total. The molecule has 1 aliphatic rings. The fourth-order valence-corrected chi connectivity index (χ4v) is 2.49. The van der Waals surface area contributed by atoms with Crippen LogP contribution < -0.4 is 5.32 Å². The fraction of sp³-hybridized carbons (Fsp3) is 0.500. The lowest BCUT2D eigenvalue weighted by molar-refractivity contribution is 0.0656. The molecule has 0 bridgehead atoms. The van der Waals surface area contributed by atoms with Crippen molar-refractivity contribution in [3.05, 3.63) is 28.8 Å². The average molecular weight is 284 g/mol. The number of hydrogen-bond donors (Lipinski definition) is 2. The molecule has 1 saturated carbocycles. The van der Waals surface area contributed by atoms with Crippen molar-refractivity contribution in [2.24, 2.45) is 0 Å². The standard InChI is InChI=1S/C14H18ClNO3/c15-10-5-6-13(12(9-10)14(17)18)16-7-8-19-11-3-1-2-4-11/h5-6,9,11,16H,1-4,7-8H2,(H,17,18). The number of halogens is 1. The third-order valence-electron chi connectivity index (χ3n) is 3.29. The van der Waals surface area contributed by atoms with Gasteiger partial charge in [0.1, 0.15) is 0 Å². The second-order valence-electron chi connectivity index (χ2n) is 4.70. The van der Waals surface area contributed by atoms with Crippen LogP contribution in [0.5, 0.6) is 0 Å². The molecule has 1 aliphatic carbocycles. The predicted molar refractivity (Wildman–Crippen MR) is 75.1 cm³/mol. The number of carboxylic acid groups (broad SMARTS) is 1. The molecule has 104 valence electrons. The molecule has 0 aromatic heterocycles. The summed E-state index contributed by atoms with van der Waals surface area (Å²) in [5.41, 5.74) is 0.764. The van der Waals surface area contributed by atoms with E-state index < -0.39 is 5.97 Å². The predicted octanol–water partition coefficient (Wildman–Crippen LogP) is 3.41. The second-order valence-corrected chi connectivity index (χ2v) is 5.14. The van der Waals surface area contributed by atoms with Crippen molar-refractivity contribution in [2.75, 3.05) is 18.5 Å². The van der Waals surface area contributed by atoms with Gasteiger partial charge in [0.25, 0.3) is 0 Å². The Morgan fingerprint density at radius 1 is 1.42 bits per heavy atom. The molecule has 19 heavy (non-hydrogen) atoms. The van der Waals surface area contributed by atoms with Gasteiger partial charge >= 0.3 is 5.97 Å². The van der Waals surface area contributed by atoms with Gasteiger partial charge in [-0.1, -0.05) is 24.4 Å². The van der Waals surface area contributed by atoms with Crippen molar-refractivity contribution in [3.63, 3.8) is 0 Å². The summed E-state index contributed by atoms with van der Waals surface area (Å²) >= 11 is 5.79.